The van der Waals surface area contributed by atoms with Gasteiger partial charge in [0.15, 0.2) is 0 Å². The Hall–Kier alpha value is -2.02. The van der Waals surface area contributed by atoms with Crippen molar-refractivity contribution in [3.05, 3.63) is 71.8 Å². The van der Waals surface area contributed by atoms with Gasteiger partial charge in [0.25, 0.3) is 0 Å². The van der Waals surface area contributed by atoms with Gasteiger partial charge >= 0.3 is 0 Å². The summed E-state index contributed by atoms with van der Waals surface area (Å²) in [6.45, 7) is 0. The Balaban J connectivity index is 2.34. The average molecular weight is 209 g/mol. The molecule has 0 unspecified atom stereocenters. The second-order valence-corrected chi connectivity index (χ2v) is 3.58. The van der Waals surface area contributed by atoms with Gasteiger partial charge < -0.3 is 5.32 Å². The largest absolute Gasteiger partial charge is 0.388 e. The number of benzene rings is 2. The summed E-state index contributed by atoms with van der Waals surface area (Å²) in [6, 6.07) is 20.6. The highest BCUT2D eigenvalue weighted by Gasteiger charge is 1.97. The van der Waals surface area contributed by atoms with Gasteiger partial charge in [-0.3, -0.25) is 0 Å². The smallest absolute Gasteiger partial charge is 0.0417 e. The summed E-state index contributed by atoms with van der Waals surface area (Å²) in [4.78, 5) is 0. The van der Waals surface area contributed by atoms with Crippen LogP contribution in [0.5, 0.6) is 0 Å². The molecule has 2 aromatic carbocycles. The fourth-order valence-electron chi connectivity index (χ4n) is 1.63. The second-order valence-electron chi connectivity index (χ2n) is 3.58. The van der Waals surface area contributed by atoms with Crippen LogP contribution in [0.2, 0.25) is 0 Å². The van der Waals surface area contributed by atoms with Crippen LogP contribution < -0.4 is 5.32 Å². The predicted molar refractivity (Wildman–Crippen MR) is 69.8 cm³/mol. The molecule has 0 aromatic heterocycles. The summed E-state index contributed by atoms with van der Waals surface area (Å²) >= 11 is 0. The van der Waals surface area contributed by atoms with Crippen LogP contribution in [0.15, 0.2) is 60.7 Å². The molecule has 0 saturated heterocycles. The summed E-state index contributed by atoms with van der Waals surface area (Å²) < 4.78 is 0. The molecule has 2 aromatic rings. The first kappa shape index (κ1) is 10.5. The molecule has 80 valence electrons. The summed E-state index contributed by atoms with van der Waals surface area (Å²) in [5.41, 5.74) is 3.54. The molecule has 0 heterocycles. The normalized spacial score (nSPS) is 11.2. The van der Waals surface area contributed by atoms with E-state index in [9.17, 15) is 0 Å². The van der Waals surface area contributed by atoms with E-state index in [0.717, 1.165) is 5.70 Å². The van der Waals surface area contributed by atoms with Gasteiger partial charge in [-0.25, -0.2) is 0 Å². The van der Waals surface area contributed by atoms with Gasteiger partial charge in [0, 0.05) is 12.7 Å². The third kappa shape index (κ3) is 2.51. The van der Waals surface area contributed by atoms with Crippen LogP contribution >= 0.6 is 0 Å². The van der Waals surface area contributed by atoms with Gasteiger partial charge in [-0.2, -0.15) is 0 Å². The number of hydrogen-bond acceptors (Lipinski definition) is 1. The van der Waals surface area contributed by atoms with Gasteiger partial charge in [0.05, 0.1) is 0 Å². The molecule has 1 nitrogen and oxygen atoms in total. The lowest BCUT2D eigenvalue weighted by Crippen LogP contribution is -2.03. The zero-order chi connectivity index (χ0) is 11.2. The van der Waals surface area contributed by atoms with E-state index in [4.69, 9.17) is 0 Å². The third-order valence-corrected chi connectivity index (χ3v) is 2.46. The standard InChI is InChI=1S/C15H15N/c1-16-15(14-10-6-3-7-11-14)12-13-8-4-2-5-9-13/h2-12,16H,1H3/b15-12-. The van der Waals surface area contributed by atoms with Gasteiger partial charge in [-0.15, -0.1) is 0 Å². The number of hydrogen-bond donors (Lipinski definition) is 1. The van der Waals surface area contributed by atoms with E-state index >= 15 is 0 Å². The summed E-state index contributed by atoms with van der Waals surface area (Å²) in [6.07, 6.45) is 2.15. The maximum Gasteiger partial charge on any atom is 0.0417 e. The molecule has 2 rings (SSSR count). The average Bonchev–Trinajstić information content (AvgIpc) is 2.38. The Kier molecular flexibility index (Phi) is 3.39. The van der Waals surface area contributed by atoms with Crippen molar-refractivity contribution in [3.8, 4) is 0 Å². The van der Waals surface area contributed by atoms with Crippen molar-refractivity contribution in [3.63, 3.8) is 0 Å². The quantitative estimate of drug-likeness (QED) is 0.764. The van der Waals surface area contributed by atoms with Gasteiger partial charge in [-0.1, -0.05) is 60.7 Å². The van der Waals surface area contributed by atoms with Crippen LogP contribution in [0.4, 0.5) is 0 Å². The van der Waals surface area contributed by atoms with E-state index in [1.807, 2.05) is 43.4 Å². The molecule has 0 bridgehead atoms. The molecule has 0 saturated carbocycles. The lowest BCUT2D eigenvalue weighted by atomic mass is 10.1. The molecular weight excluding hydrogens is 194 g/mol. The molecule has 0 aliphatic carbocycles. The summed E-state index contributed by atoms with van der Waals surface area (Å²) in [7, 11) is 1.95. The SMILES string of the molecule is CN/C(=C\c1ccccc1)c1ccccc1. The van der Waals surface area contributed by atoms with Gasteiger partial charge in [-0.05, 0) is 17.2 Å². The highest BCUT2D eigenvalue weighted by Crippen LogP contribution is 2.14. The van der Waals surface area contributed by atoms with Crippen molar-refractivity contribution >= 4 is 11.8 Å². The fourth-order valence-corrected chi connectivity index (χ4v) is 1.63. The molecule has 16 heavy (non-hydrogen) atoms. The summed E-state index contributed by atoms with van der Waals surface area (Å²) in [5, 5.41) is 3.23. The molecule has 0 aliphatic rings. The van der Waals surface area contributed by atoms with E-state index < -0.39 is 0 Å². The van der Waals surface area contributed by atoms with E-state index in [1.165, 1.54) is 11.1 Å². The predicted octanol–water partition coefficient (Wildman–Crippen LogP) is 3.40. The highest BCUT2D eigenvalue weighted by atomic mass is 14.8. The Morgan fingerprint density at radius 2 is 1.44 bits per heavy atom. The van der Waals surface area contributed by atoms with Crippen LogP contribution in [0.25, 0.3) is 11.8 Å². The molecule has 1 heteroatoms. The Morgan fingerprint density at radius 1 is 0.875 bits per heavy atom. The zero-order valence-electron chi connectivity index (χ0n) is 9.35. The van der Waals surface area contributed by atoms with E-state index in [1.54, 1.807) is 0 Å². The number of rotatable bonds is 3. The first-order chi connectivity index (χ1) is 7.90. The first-order valence-electron chi connectivity index (χ1n) is 5.40. The molecule has 0 aliphatic heterocycles. The molecule has 0 atom stereocenters. The minimum atomic E-state index is 1.13. The summed E-state index contributed by atoms with van der Waals surface area (Å²) in [5.74, 6) is 0. The van der Waals surface area contributed by atoms with Crippen molar-refractivity contribution in [2.24, 2.45) is 0 Å². The zero-order valence-corrected chi connectivity index (χ0v) is 9.35. The Bertz CT molecular complexity index is 457. The fraction of sp³-hybridized carbons (Fsp3) is 0.0667. The molecular formula is C15H15N. The minimum absolute atomic E-state index is 1.13. The van der Waals surface area contributed by atoms with Crippen LogP contribution in [0.3, 0.4) is 0 Å². The molecule has 0 radical (unpaired) electrons. The first-order valence-corrected chi connectivity index (χ1v) is 5.40. The highest BCUT2D eigenvalue weighted by molar-refractivity contribution is 5.79. The topological polar surface area (TPSA) is 12.0 Å². The Labute approximate surface area is 96.4 Å². The molecule has 0 spiro atoms. The maximum atomic E-state index is 3.23. The molecule has 1 N–H and O–H groups in total. The molecule has 0 amide bonds. The van der Waals surface area contributed by atoms with Crippen LogP contribution in [0, 0.1) is 0 Å². The van der Waals surface area contributed by atoms with Gasteiger partial charge in [0.1, 0.15) is 0 Å². The maximum absolute atomic E-state index is 3.23. The van der Waals surface area contributed by atoms with Gasteiger partial charge in [0.2, 0.25) is 0 Å². The minimum Gasteiger partial charge on any atom is -0.388 e. The van der Waals surface area contributed by atoms with Crippen LogP contribution in [-0.4, -0.2) is 7.05 Å². The monoisotopic (exact) mass is 209 g/mol. The lowest BCUT2D eigenvalue weighted by Gasteiger charge is -2.06. The second kappa shape index (κ2) is 5.17. The van der Waals surface area contributed by atoms with E-state index in [2.05, 4.69) is 35.7 Å². The van der Waals surface area contributed by atoms with Crippen LogP contribution in [-0.2, 0) is 0 Å². The van der Waals surface area contributed by atoms with Crippen LogP contribution in [0.1, 0.15) is 11.1 Å². The van der Waals surface area contributed by atoms with Crippen molar-refractivity contribution in [2.45, 2.75) is 0 Å². The van der Waals surface area contributed by atoms with Crippen molar-refractivity contribution < 1.29 is 0 Å². The lowest BCUT2D eigenvalue weighted by molar-refractivity contribution is 1.13. The van der Waals surface area contributed by atoms with E-state index in [0.29, 0.717) is 0 Å². The van der Waals surface area contributed by atoms with Crippen molar-refractivity contribution in [1.82, 2.24) is 5.32 Å². The van der Waals surface area contributed by atoms with Crippen molar-refractivity contribution in [1.29, 1.82) is 0 Å². The molecule has 0 fully saturated rings. The Morgan fingerprint density at radius 3 is 2.00 bits per heavy atom. The van der Waals surface area contributed by atoms with Crippen molar-refractivity contribution in [2.75, 3.05) is 7.05 Å². The van der Waals surface area contributed by atoms with E-state index in [-0.39, 0.29) is 0 Å². The third-order valence-electron chi connectivity index (χ3n) is 2.46. The number of nitrogens with one attached hydrogen (secondary N) is 1.